The molecule has 0 spiro atoms. The topological polar surface area (TPSA) is 92.1 Å². The standard InChI is InChI=1S/C19H22ClN5O2/c1-11(26)5-10-14(27)21-13-8-6-12(7-9-13)17-22-18-15(20)16(19(2,3)4)23-25(18)24-17/h6-9,23H,5,10H2,1-4H3,(H,21,27). The second kappa shape index (κ2) is 7.15. The van der Waals surface area contributed by atoms with Crippen molar-refractivity contribution in [2.45, 2.75) is 46.0 Å². The lowest BCUT2D eigenvalue weighted by Crippen LogP contribution is -2.13. The van der Waals surface area contributed by atoms with Gasteiger partial charge in [-0.3, -0.25) is 9.89 Å². The van der Waals surface area contributed by atoms with Crippen molar-refractivity contribution in [3.63, 3.8) is 0 Å². The zero-order valence-corrected chi connectivity index (χ0v) is 16.5. The van der Waals surface area contributed by atoms with Gasteiger partial charge in [-0.25, -0.2) is 4.98 Å². The molecule has 0 aliphatic carbocycles. The highest BCUT2D eigenvalue weighted by Gasteiger charge is 2.24. The number of carbonyl (C=O) groups excluding carboxylic acids is 2. The minimum absolute atomic E-state index is 0.00431. The molecule has 142 valence electrons. The highest BCUT2D eigenvalue weighted by molar-refractivity contribution is 6.34. The maximum atomic E-state index is 11.8. The van der Waals surface area contributed by atoms with Crippen LogP contribution in [-0.4, -0.2) is 31.5 Å². The zero-order chi connectivity index (χ0) is 19.8. The van der Waals surface area contributed by atoms with E-state index in [1.807, 2.05) is 12.1 Å². The van der Waals surface area contributed by atoms with Crippen molar-refractivity contribution in [1.29, 1.82) is 0 Å². The molecule has 1 aromatic carbocycles. The average Bonchev–Trinajstić information content (AvgIpc) is 3.13. The summed E-state index contributed by atoms with van der Waals surface area (Å²) in [4.78, 5) is 27.3. The molecule has 0 saturated heterocycles. The lowest BCUT2D eigenvalue weighted by Gasteiger charge is -2.16. The molecule has 2 heterocycles. The van der Waals surface area contributed by atoms with Gasteiger partial charge >= 0.3 is 0 Å². The lowest BCUT2D eigenvalue weighted by molar-refractivity contribution is -0.121. The Morgan fingerprint density at radius 3 is 2.41 bits per heavy atom. The summed E-state index contributed by atoms with van der Waals surface area (Å²) in [5.74, 6) is 0.348. The van der Waals surface area contributed by atoms with Crippen molar-refractivity contribution in [3.05, 3.63) is 35.0 Å². The third-order valence-electron chi connectivity index (χ3n) is 4.12. The molecule has 2 aromatic heterocycles. The first-order chi connectivity index (χ1) is 12.6. The minimum atomic E-state index is -0.187. The van der Waals surface area contributed by atoms with E-state index in [0.29, 0.717) is 22.2 Å². The van der Waals surface area contributed by atoms with Crippen molar-refractivity contribution in [2.75, 3.05) is 5.32 Å². The molecular formula is C19H22ClN5O2. The molecule has 0 aliphatic heterocycles. The average molecular weight is 388 g/mol. The number of carbonyl (C=O) groups is 2. The fourth-order valence-electron chi connectivity index (χ4n) is 2.63. The number of fused-ring (bicyclic) bond motifs is 1. The number of nitrogens with one attached hydrogen (secondary N) is 2. The molecule has 2 N–H and O–H groups in total. The van der Waals surface area contributed by atoms with Crippen LogP contribution < -0.4 is 5.32 Å². The van der Waals surface area contributed by atoms with Gasteiger partial charge in [0.25, 0.3) is 0 Å². The van der Waals surface area contributed by atoms with E-state index in [1.54, 1.807) is 16.8 Å². The van der Waals surface area contributed by atoms with Crippen LogP contribution in [0, 0.1) is 0 Å². The van der Waals surface area contributed by atoms with Crippen molar-refractivity contribution >= 4 is 34.6 Å². The van der Waals surface area contributed by atoms with Crippen LogP contribution in [0.3, 0.4) is 0 Å². The summed E-state index contributed by atoms with van der Waals surface area (Å²) in [6.07, 6.45) is 0.422. The Balaban J connectivity index is 1.77. The van der Waals surface area contributed by atoms with Crippen molar-refractivity contribution in [2.24, 2.45) is 0 Å². The number of anilines is 1. The van der Waals surface area contributed by atoms with Crippen molar-refractivity contribution < 1.29 is 9.59 Å². The third kappa shape index (κ3) is 4.19. The molecule has 0 fully saturated rings. The summed E-state index contributed by atoms with van der Waals surface area (Å²) in [5, 5.41) is 11.0. The first-order valence-electron chi connectivity index (χ1n) is 8.69. The van der Waals surface area contributed by atoms with Gasteiger partial charge in [-0.15, -0.1) is 5.10 Å². The number of ketones is 1. The Morgan fingerprint density at radius 2 is 1.85 bits per heavy atom. The van der Waals surface area contributed by atoms with E-state index in [-0.39, 0.29) is 29.9 Å². The quantitative estimate of drug-likeness (QED) is 0.692. The molecule has 0 bridgehead atoms. The smallest absolute Gasteiger partial charge is 0.224 e. The lowest BCUT2D eigenvalue weighted by atomic mass is 9.92. The monoisotopic (exact) mass is 387 g/mol. The van der Waals surface area contributed by atoms with Gasteiger partial charge in [0.15, 0.2) is 11.5 Å². The van der Waals surface area contributed by atoms with E-state index in [0.717, 1.165) is 11.3 Å². The third-order valence-corrected chi connectivity index (χ3v) is 4.48. The van der Waals surface area contributed by atoms with Gasteiger partial charge < -0.3 is 10.1 Å². The van der Waals surface area contributed by atoms with E-state index in [9.17, 15) is 9.59 Å². The van der Waals surface area contributed by atoms with E-state index in [1.165, 1.54) is 6.92 Å². The number of amides is 1. The van der Waals surface area contributed by atoms with Crippen LogP contribution in [0.1, 0.15) is 46.2 Å². The van der Waals surface area contributed by atoms with Crippen LogP contribution in [0.2, 0.25) is 5.02 Å². The number of aromatic amines is 1. The first-order valence-corrected chi connectivity index (χ1v) is 9.07. The normalized spacial score (nSPS) is 11.7. The Hall–Kier alpha value is -2.67. The number of hydrogen-bond acceptors (Lipinski definition) is 4. The molecule has 27 heavy (non-hydrogen) atoms. The molecular weight excluding hydrogens is 366 g/mol. The Morgan fingerprint density at radius 1 is 1.19 bits per heavy atom. The Bertz CT molecular complexity index is 996. The minimum Gasteiger partial charge on any atom is -0.326 e. The van der Waals surface area contributed by atoms with E-state index < -0.39 is 0 Å². The number of H-pyrrole nitrogens is 1. The molecule has 8 heteroatoms. The maximum Gasteiger partial charge on any atom is 0.224 e. The number of benzene rings is 1. The van der Waals surface area contributed by atoms with Gasteiger partial charge in [-0.1, -0.05) is 32.4 Å². The molecule has 0 unspecified atom stereocenters. The van der Waals surface area contributed by atoms with Gasteiger partial charge in [0, 0.05) is 29.5 Å². The number of Topliss-reactive ketones (excluding diaryl/α,β-unsaturated/α-hetero) is 1. The summed E-state index contributed by atoms with van der Waals surface area (Å²) in [7, 11) is 0. The van der Waals surface area contributed by atoms with Gasteiger partial charge in [0.2, 0.25) is 5.91 Å². The van der Waals surface area contributed by atoms with Gasteiger partial charge in [0.1, 0.15) is 10.8 Å². The van der Waals surface area contributed by atoms with Gasteiger partial charge in [-0.2, -0.15) is 4.63 Å². The van der Waals surface area contributed by atoms with Crippen LogP contribution >= 0.6 is 11.6 Å². The predicted molar refractivity (Wildman–Crippen MR) is 105 cm³/mol. The number of rotatable bonds is 5. The fourth-order valence-corrected chi connectivity index (χ4v) is 3.08. The van der Waals surface area contributed by atoms with Gasteiger partial charge in [-0.05, 0) is 31.2 Å². The summed E-state index contributed by atoms with van der Waals surface area (Å²) in [6, 6.07) is 7.21. The van der Waals surface area contributed by atoms with Crippen LogP contribution in [0.25, 0.3) is 17.0 Å². The zero-order valence-electron chi connectivity index (χ0n) is 15.8. The summed E-state index contributed by atoms with van der Waals surface area (Å²) < 4.78 is 1.58. The van der Waals surface area contributed by atoms with E-state index >= 15 is 0 Å². The summed E-state index contributed by atoms with van der Waals surface area (Å²) in [5.41, 5.74) is 2.79. The molecule has 3 rings (SSSR count). The molecule has 3 aromatic rings. The SMILES string of the molecule is CC(=O)CCC(=O)Nc1ccc(-c2nc3c(Cl)c(C(C)(C)C)[nH]n3n2)cc1. The highest BCUT2D eigenvalue weighted by Crippen LogP contribution is 2.31. The van der Waals surface area contributed by atoms with Gasteiger partial charge in [0.05, 0.1) is 5.69 Å². The van der Waals surface area contributed by atoms with E-state index in [4.69, 9.17) is 11.6 Å². The number of aromatic nitrogens is 4. The van der Waals surface area contributed by atoms with Crippen LogP contribution in [-0.2, 0) is 15.0 Å². The van der Waals surface area contributed by atoms with Crippen LogP contribution in [0.15, 0.2) is 24.3 Å². The predicted octanol–water partition coefficient (Wildman–Crippen LogP) is 3.98. The maximum absolute atomic E-state index is 11.8. The molecule has 0 aliphatic rings. The second-order valence-corrected chi connectivity index (χ2v) is 7.93. The second-order valence-electron chi connectivity index (χ2n) is 7.55. The Kier molecular flexibility index (Phi) is 5.06. The van der Waals surface area contributed by atoms with Crippen molar-refractivity contribution in [1.82, 2.24) is 19.8 Å². The summed E-state index contributed by atoms with van der Waals surface area (Å²) in [6.45, 7) is 7.66. The molecule has 7 nitrogen and oxygen atoms in total. The highest BCUT2D eigenvalue weighted by atomic mass is 35.5. The first kappa shape index (κ1) is 19.1. The Labute approximate surface area is 162 Å². The largest absolute Gasteiger partial charge is 0.326 e. The van der Waals surface area contributed by atoms with Crippen molar-refractivity contribution in [3.8, 4) is 11.4 Å². The number of halogens is 1. The molecule has 1 amide bonds. The molecule has 0 radical (unpaired) electrons. The van der Waals surface area contributed by atoms with E-state index in [2.05, 4.69) is 41.3 Å². The van der Waals surface area contributed by atoms with Crippen LogP contribution in [0.4, 0.5) is 5.69 Å². The number of nitrogens with zero attached hydrogens (tertiary/aromatic N) is 3. The molecule has 0 saturated carbocycles. The molecule has 0 atom stereocenters. The number of hydrogen-bond donors (Lipinski definition) is 2. The van der Waals surface area contributed by atoms with Crippen LogP contribution in [0.5, 0.6) is 0 Å². The summed E-state index contributed by atoms with van der Waals surface area (Å²) >= 11 is 6.45. The fraction of sp³-hybridized carbons (Fsp3) is 0.368.